The summed E-state index contributed by atoms with van der Waals surface area (Å²) in [5.74, 6) is 0.380. The number of benzene rings is 1. The molecule has 0 atom stereocenters. The van der Waals surface area contributed by atoms with E-state index in [-0.39, 0.29) is 5.56 Å². The van der Waals surface area contributed by atoms with Crippen LogP contribution in [0.25, 0.3) is 0 Å². The van der Waals surface area contributed by atoms with E-state index in [0.717, 1.165) is 0 Å². The van der Waals surface area contributed by atoms with E-state index in [2.05, 4.69) is 10.2 Å². The van der Waals surface area contributed by atoms with Crippen molar-refractivity contribution in [1.29, 1.82) is 0 Å². The molecule has 2 rings (SSSR count). The van der Waals surface area contributed by atoms with Crippen molar-refractivity contribution in [2.24, 2.45) is 17.3 Å². The average molecular weight is 259 g/mol. The van der Waals surface area contributed by atoms with Gasteiger partial charge < -0.3 is 9.84 Å². The highest BCUT2D eigenvalue weighted by molar-refractivity contribution is 5.87. The molecule has 0 fully saturated rings. The monoisotopic (exact) mass is 259 g/mol. The Bertz CT molecular complexity index is 615. The molecule has 1 heterocycles. The molecule has 0 aliphatic carbocycles. The molecule has 0 bridgehead atoms. The zero-order valence-electron chi connectivity index (χ0n) is 10.6. The van der Waals surface area contributed by atoms with Gasteiger partial charge >= 0.3 is 5.97 Å². The van der Waals surface area contributed by atoms with Gasteiger partial charge in [-0.05, 0) is 30.3 Å². The van der Waals surface area contributed by atoms with Crippen LogP contribution in [0.5, 0.6) is 5.88 Å². The van der Waals surface area contributed by atoms with Crippen LogP contribution in [0.2, 0.25) is 0 Å². The van der Waals surface area contributed by atoms with Crippen molar-refractivity contribution in [2.45, 2.75) is 0 Å². The van der Waals surface area contributed by atoms with E-state index >= 15 is 0 Å². The second-order valence-electron chi connectivity index (χ2n) is 3.84. The Kier molecular flexibility index (Phi) is 3.61. The zero-order valence-corrected chi connectivity index (χ0v) is 10.6. The number of carbonyl (C=O) groups is 1. The molecule has 0 radical (unpaired) electrons. The van der Waals surface area contributed by atoms with Gasteiger partial charge in [-0.1, -0.05) is 0 Å². The maximum absolute atomic E-state index is 10.7. The van der Waals surface area contributed by atoms with Gasteiger partial charge in [-0.2, -0.15) is 0 Å². The third-order valence-electron chi connectivity index (χ3n) is 2.64. The van der Waals surface area contributed by atoms with Crippen LogP contribution >= 0.6 is 0 Å². The van der Waals surface area contributed by atoms with Gasteiger partial charge in [0.1, 0.15) is 0 Å². The van der Waals surface area contributed by atoms with Gasteiger partial charge in [-0.25, -0.2) is 4.79 Å². The van der Waals surface area contributed by atoms with E-state index in [1.807, 2.05) is 7.05 Å². The van der Waals surface area contributed by atoms with Gasteiger partial charge in [-0.15, -0.1) is 10.2 Å². The van der Waals surface area contributed by atoms with Crippen molar-refractivity contribution >= 4 is 17.5 Å². The van der Waals surface area contributed by atoms with Gasteiger partial charge in [0.15, 0.2) is 11.7 Å². The molecule has 0 aliphatic rings. The Balaban J connectivity index is 2.18. The van der Waals surface area contributed by atoms with Crippen molar-refractivity contribution in [2.75, 3.05) is 7.11 Å². The lowest BCUT2D eigenvalue weighted by molar-refractivity contribution is 0.0697. The van der Waals surface area contributed by atoms with Crippen LogP contribution in [0.1, 0.15) is 10.4 Å². The predicted octanol–water partition coefficient (Wildman–Crippen LogP) is 3.15. The van der Waals surface area contributed by atoms with Crippen molar-refractivity contribution in [1.82, 2.24) is 4.57 Å². The molecular weight excluding hydrogens is 246 g/mol. The smallest absolute Gasteiger partial charge is 0.335 e. The molecule has 0 unspecified atom stereocenters. The number of carboxylic acids is 1. The van der Waals surface area contributed by atoms with Crippen LogP contribution in [0.4, 0.5) is 11.5 Å². The predicted molar refractivity (Wildman–Crippen MR) is 69.5 cm³/mol. The summed E-state index contributed by atoms with van der Waals surface area (Å²) < 4.78 is 6.87. The van der Waals surface area contributed by atoms with E-state index in [9.17, 15) is 4.79 Å². The Hall–Kier alpha value is -2.63. The summed E-state index contributed by atoms with van der Waals surface area (Å²) in [4.78, 5) is 10.7. The fraction of sp³-hybridized carbons (Fsp3) is 0.154. The van der Waals surface area contributed by atoms with E-state index in [4.69, 9.17) is 9.84 Å². The fourth-order valence-corrected chi connectivity index (χ4v) is 1.57. The highest BCUT2D eigenvalue weighted by Gasteiger charge is 2.03. The SMILES string of the molecule is COc1ccc(N=Nc2ccc(C(=O)O)cc2)n1C. The quantitative estimate of drug-likeness (QED) is 0.857. The summed E-state index contributed by atoms with van der Waals surface area (Å²) in [6.07, 6.45) is 0. The molecule has 98 valence electrons. The Labute approximate surface area is 110 Å². The topological polar surface area (TPSA) is 76.2 Å². The molecule has 1 N–H and O–H groups in total. The Morgan fingerprint density at radius 1 is 1.16 bits per heavy atom. The molecule has 0 spiro atoms. The van der Waals surface area contributed by atoms with Crippen molar-refractivity contribution in [3.63, 3.8) is 0 Å². The number of hydrogen-bond acceptors (Lipinski definition) is 4. The van der Waals surface area contributed by atoms with E-state index in [0.29, 0.717) is 17.4 Å². The van der Waals surface area contributed by atoms with Gasteiger partial charge in [-0.3, -0.25) is 4.57 Å². The summed E-state index contributed by atoms with van der Waals surface area (Å²) in [6.45, 7) is 0. The number of ether oxygens (including phenoxy) is 1. The maximum atomic E-state index is 10.7. The van der Waals surface area contributed by atoms with Gasteiger partial charge in [0.2, 0.25) is 0 Å². The lowest BCUT2D eigenvalue weighted by Gasteiger charge is -2.01. The number of aromatic nitrogens is 1. The lowest BCUT2D eigenvalue weighted by atomic mass is 10.2. The summed E-state index contributed by atoms with van der Waals surface area (Å²) in [5, 5.41) is 16.9. The van der Waals surface area contributed by atoms with Crippen molar-refractivity contribution in [3.8, 4) is 5.88 Å². The van der Waals surface area contributed by atoms with Crippen LogP contribution in [0.3, 0.4) is 0 Å². The Morgan fingerprint density at radius 3 is 2.37 bits per heavy atom. The van der Waals surface area contributed by atoms with Crippen LogP contribution in [0.15, 0.2) is 46.6 Å². The van der Waals surface area contributed by atoms with Gasteiger partial charge in [0, 0.05) is 13.1 Å². The number of nitrogens with zero attached hydrogens (tertiary/aromatic N) is 3. The molecule has 6 nitrogen and oxygen atoms in total. The van der Waals surface area contributed by atoms with E-state index in [1.54, 1.807) is 35.9 Å². The molecule has 1 aromatic heterocycles. The number of methoxy groups -OCH3 is 1. The molecule has 0 saturated carbocycles. The largest absolute Gasteiger partial charge is 0.482 e. The molecular formula is C13H13N3O3. The lowest BCUT2D eigenvalue weighted by Crippen LogP contribution is -1.94. The van der Waals surface area contributed by atoms with E-state index in [1.165, 1.54) is 12.1 Å². The normalized spacial score (nSPS) is 10.8. The zero-order chi connectivity index (χ0) is 13.8. The van der Waals surface area contributed by atoms with Crippen LogP contribution in [0, 0.1) is 0 Å². The summed E-state index contributed by atoms with van der Waals surface area (Å²) >= 11 is 0. The van der Waals surface area contributed by atoms with Gasteiger partial charge in [0.05, 0.1) is 18.4 Å². The van der Waals surface area contributed by atoms with Crippen LogP contribution in [-0.2, 0) is 7.05 Å². The molecule has 0 amide bonds. The first-order chi connectivity index (χ1) is 9.11. The first-order valence-corrected chi connectivity index (χ1v) is 5.56. The minimum absolute atomic E-state index is 0.222. The summed E-state index contributed by atoms with van der Waals surface area (Å²) in [7, 11) is 3.40. The van der Waals surface area contributed by atoms with Crippen molar-refractivity contribution in [3.05, 3.63) is 42.0 Å². The van der Waals surface area contributed by atoms with E-state index < -0.39 is 5.97 Å². The minimum Gasteiger partial charge on any atom is -0.482 e. The first-order valence-electron chi connectivity index (χ1n) is 5.56. The molecule has 1 aromatic carbocycles. The molecule has 2 aromatic rings. The Morgan fingerprint density at radius 2 is 1.84 bits per heavy atom. The number of carboxylic acid groups (broad SMARTS) is 1. The highest BCUT2D eigenvalue weighted by atomic mass is 16.5. The van der Waals surface area contributed by atoms with Crippen LogP contribution < -0.4 is 4.74 Å². The minimum atomic E-state index is -0.962. The number of rotatable bonds is 4. The molecule has 19 heavy (non-hydrogen) atoms. The highest BCUT2D eigenvalue weighted by Crippen LogP contribution is 2.24. The number of aromatic carboxylic acids is 1. The standard InChI is InChI=1S/C13H13N3O3/c1-16-11(7-8-12(16)19-2)15-14-10-5-3-9(4-6-10)13(17)18/h3-8H,1-2H3,(H,17,18). The van der Waals surface area contributed by atoms with Crippen LogP contribution in [-0.4, -0.2) is 22.8 Å². The second-order valence-corrected chi connectivity index (χ2v) is 3.84. The van der Waals surface area contributed by atoms with Crippen molar-refractivity contribution < 1.29 is 14.6 Å². The third kappa shape index (κ3) is 2.79. The van der Waals surface area contributed by atoms with Gasteiger partial charge in [0.25, 0.3) is 0 Å². The fourth-order valence-electron chi connectivity index (χ4n) is 1.57. The average Bonchev–Trinajstić information content (AvgIpc) is 2.77. The maximum Gasteiger partial charge on any atom is 0.335 e. The summed E-state index contributed by atoms with van der Waals surface area (Å²) in [5.41, 5.74) is 0.810. The summed E-state index contributed by atoms with van der Waals surface area (Å²) in [6, 6.07) is 9.76. The molecule has 0 aliphatic heterocycles. The molecule has 6 heteroatoms. The number of azo groups is 1. The molecule has 0 saturated heterocycles. The second kappa shape index (κ2) is 5.34. The third-order valence-corrected chi connectivity index (χ3v) is 2.64. The number of hydrogen-bond donors (Lipinski definition) is 1. The first kappa shape index (κ1) is 12.8.